The Morgan fingerprint density at radius 1 is 1.50 bits per heavy atom. The van der Waals surface area contributed by atoms with Crippen LogP contribution in [0.3, 0.4) is 0 Å². The SMILES string of the molecule is C=CC(=O)N1CC(CC(=O)Nc2cc(C(=O)OC)nn2C)C1. The highest BCUT2D eigenvalue weighted by atomic mass is 16.5. The highest BCUT2D eigenvalue weighted by Crippen LogP contribution is 2.20. The maximum atomic E-state index is 12.0. The molecule has 0 unspecified atom stereocenters. The second-order valence-electron chi connectivity index (χ2n) is 5.10. The third kappa shape index (κ3) is 3.33. The Labute approximate surface area is 127 Å². The Bertz CT molecular complexity index is 616. The minimum absolute atomic E-state index is 0.119. The molecule has 118 valence electrons. The lowest BCUT2D eigenvalue weighted by atomic mass is 9.96. The predicted molar refractivity (Wildman–Crippen MR) is 78.1 cm³/mol. The van der Waals surface area contributed by atoms with Crippen molar-refractivity contribution in [2.24, 2.45) is 13.0 Å². The number of aryl methyl sites for hydroxylation is 1. The topological polar surface area (TPSA) is 93.5 Å². The summed E-state index contributed by atoms with van der Waals surface area (Å²) in [5.74, 6) is -0.309. The number of methoxy groups -OCH3 is 1. The fraction of sp³-hybridized carbons (Fsp3) is 0.429. The molecule has 0 spiro atoms. The van der Waals surface area contributed by atoms with Gasteiger partial charge in [-0.3, -0.25) is 14.3 Å². The number of aromatic nitrogens is 2. The third-order valence-electron chi connectivity index (χ3n) is 3.46. The van der Waals surface area contributed by atoms with Crippen molar-refractivity contribution >= 4 is 23.6 Å². The average molecular weight is 306 g/mol. The maximum Gasteiger partial charge on any atom is 0.358 e. The van der Waals surface area contributed by atoms with E-state index in [4.69, 9.17) is 0 Å². The number of rotatable bonds is 5. The minimum atomic E-state index is -0.561. The molecule has 0 atom stereocenters. The highest BCUT2D eigenvalue weighted by molar-refractivity contribution is 5.93. The Morgan fingerprint density at radius 2 is 2.18 bits per heavy atom. The molecule has 2 rings (SSSR count). The van der Waals surface area contributed by atoms with Gasteiger partial charge in [0.15, 0.2) is 5.69 Å². The van der Waals surface area contributed by atoms with Gasteiger partial charge in [-0.15, -0.1) is 0 Å². The van der Waals surface area contributed by atoms with Crippen LogP contribution in [0.2, 0.25) is 0 Å². The summed E-state index contributed by atoms with van der Waals surface area (Å²) in [5.41, 5.74) is 0.131. The van der Waals surface area contributed by atoms with E-state index in [1.165, 1.54) is 23.9 Å². The number of hydrogen-bond acceptors (Lipinski definition) is 5. The lowest BCUT2D eigenvalue weighted by molar-refractivity contribution is -0.134. The zero-order valence-corrected chi connectivity index (χ0v) is 12.5. The van der Waals surface area contributed by atoms with Crippen LogP contribution >= 0.6 is 0 Å². The summed E-state index contributed by atoms with van der Waals surface area (Å²) in [5, 5.41) is 6.65. The molecule has 1 aliphatic heterocycles. The second kappa shape index (κ2) is 6.42. The molecule has 1 aliphatic rings. The van der Waals surface area contributed by atoms with E-state index in [0.717, 1.165) is 0 Å². The Morgan fingerprint density at radius 3 is 2.77 bits per heavy atom. The fourth-order valence-corrected chi connectivity index (χ4v) is 2.25. The molecule has 1 aromatic rings. The summed E-state index contributed by atoms with van der Waals surface area (Å²) in [4.78, 5) is 36.3. The van der Waals surface area contributed by atoms with Crippen LogP contribution in [0.1, 0.15) is 16.9 Å². The number of carbonyl (C=O) groups excluding carboxylic acids is 3. The summed E-state index contributed by atoms with van der Waals surface area (Å²) >= 11 is 0. The third-order valence-corrected chi connectivity index (χ3v) is 3.46. The molecule has 1 fully saturated rings. The van der Waals surface area contributed by atoms with Crippen LogP contribution in [-0.2, 0) is 21.4 Å². The summed E-state index contributed by atoms with van der Waals surface area (Å²) in [6.45, 7) is 4.53. The van der Waals surface area contributed by atoms with Gasteiger partial charge in [0.1, 0.15) is 5.82 Å². The molecular weight excluding hydrogens is 288 g/mol. The van der Waals surface area contributed by atoms with Gasteiger partial charge in [0.25, 0.3) is 0 Å². The zero-order valence-electron chi connectivity index (χ0n) is 12.5. The van der Waals surface area contributed by atoms with E-state index in [-0.39, 0.29) is 23.4 Å². The van der Waals surface area contributed by atoms with Crippen LogP contribution in [0.25, 0.3) is 0 Å². The van der Waals surface area contributed by atoms with Gasteiger partial charge in [-0.2, -0.15) is 5.10 Å². The maximum absolute atomic E-state index is 12.0. The Balaban J connectivity index is 1.86. The van der Waals surface area contributed by atoms with Gasteiger partial charge in [-0.1, -0.05) is 6.58 Å². The first kappa shape index (κ1) is 15.7. The number of anilines is 1. The monoisotopic (exact) mass is 306 g/mol. The van der Waals surface area contributed by atoms with Crippen LogP contribution in [0.15, 0.2) is 18.7 Å². The summed E-state index contributed by atoms with van der Waals surface area (Å²) in [6.07, 6.45) is 1.57. The van der Waals surface area contributed by atoms with Crippen LogP contribution in [0.5, 0.6) is 0 Å². The first-order valence-corrected chi connectivity index (χ1v) is 6.78. The molecule has 0 aromatic carbocycles. The molecule has 0 radical (unpaired) electrons. The molecule has 0 saturated carbocycles. The van der Waals surface area contributed by atoms with Gasteiger partial charge in [0.2, 0.25) is 11.8 Å². The van der Waals surface area contributed by atoms with E-state index >= 15 is 0 Å². The number of likely N-dealkylation sites (tertiary alicyclic amines) is 1. The first-order chi connectivity index (χ1) is 10.4. The molecular formula is C14H18N4O4. The van der Waals surface area contributed by atoms with Crippen LogP contribution in [-0.4, -0.2) is 52.7 Å². The molecule has 8 nitrogen and oxygen atoms in total. The summed E-state index contributed by atoms with van der Waals surface area (Å²) in [7, 11) is 2.89. The van der Waals surface area contributed by atoms with Crippen molar-refractivity contribution < 1.29 is 19.1 Å². The molecule has 1 aromatic heterocycles. The van der Waals surface area contributed by atoms with Crippen molar-refractivity contribution in [1.82, 2.24) is 14.7 Å². The standard InChI is InChI=1S/C14H18N4O4/c1-4-13(20)18-7-9(8-18)5-12(19)15-11-6-10(14(21)22-3)16-17(11)2/h4,6,9H,1,5,7-8H2,2-3H3,(H,15,19). The Kier molecular flexibility index (Phi) is 4.59. The van der Waals surface area contributed by atoms with Crippen molar-refractivity contribution in [2.75, 3.05) is 25.5 Å². The summed E-state index contributed by atoms with van der Waals surface area (Å²) < 4.78 is 5.97. The molecule has 0 bridgehead atoms. The molecule has 1 saturated heterocycles. The lowest BCUT2D eigenvalue weighted by Crippen LogP contribution is -2.50. The van der Waals surface area contributed by atoms with Gasteiger partial charge < -0.3 is 15.0 Å². The zero-order chi connectivity index (χ0) is 16.3. The van der Waals surface area contributed by atoms with Gasteiger partial charge in [-0.05, 0) is 6.08 Å². The number of esters is 1. The normalized spacial score (nSPS) is 14.2. The van der Waals surface area contributed by atoms with Crippen molar-refractivity contribution in [3.8, 4) is 0 Å². The molecule has 2 heterocycles. The quantitative estimate of drug-likeness (QED) is 0.618. The largest absolute Gasteiger partial charge is 0.464 e. The van der Waals surface area contributed by atoms with Crippen LogP contribution < -0.4 is 5.32 Å². The molecule has 8 heteroatoms. The summed E-state index contributed by atoms with van der Waals surface area (Å²) in [6, 6.07) is 1.46. The van der Waals surface area contributed by atoms with Crippen molar-refractivity contribution in [3.05, 3.63) is 24.4 Å². The van der Waals surface area contributed by atoms with E-state index in [1.54, 1.807) is 11.9 Å². The Hall–Kier alpha value is -2.64. The smallest absolute Gasteiger partial charge is 0.358 e. The van der Waals surface area contributed by atoms with E-state index in [0.29, 0.717) is 25.3 Å². The number of nitrogens with one attached hydrogen (secondary N) is 1. The van der Waals surface area contributed by atoms with Gasteiger partial charge in [0, 0.05) is 38.5 Å². The van der Waals surface area contributed by atoms with E-state index in [2.05, 4.69) is 21.7 Å². The predicted octanol–water partition coefficient (Wildman–Crippen LogP) is 0.180. The van der Waals surface area contributed by atoms with E-state index in [1.807, 2.05) is 0 Å². The second-order valence-corrected chi connectivity index (χ2v) is 5.10. The highest BCUT2D eigenvalue weighted by Gasteiger charge is 2.31. The van der Waals surface area contributed by atoms with Gasteiger partial charge in [-0.25, -0.2) is 4.79 Å². The molecule has 22 heavy (non-hydrogen) atoms. The average Bonchev–Trinajstić information content (AvgIpc) is 2.82. The van der Waals surface area contributed by atoms with Crippen molar-refractivity contribution in [3.63, 3.8) is 0 Å². The number of carbonyl (C=O) groups is 3. The van der Waals surface area contributed by atoms with E-state index in [9.17, 15) is 14.4 Å². The molecule has 1 N–H and O–H groups in total. The lowest BCUT2D eigenvalue weighted by Gasteiger charge is -2.38. The molecule has 0 aliphatic carbocycles. The molecule has 2 amide bonds. The first-order valence-electron chi connectivity index (χ1n) is 6.78. The van der Waals surface area contributed by atoms with Crippen LogP contribution in [0, 0.1) is 5.92 Å². The van der Waals surface area contributed by atoms with Crippen molar-refractivity contribution in [1.29, 1.82) is 0 Å². The van der Waals surface area contributed by atoms with Gasteiger partial charge in [0.05, 0.1) is 7.11 Å². The van der Waals surface area contributed by atoms with Crippen molar-refractivity contribution in [2.45, 2.75) is 6.42 Å². The number of hydrogen-bond donors (Lipinski definition) is 1. The van der Waals surface area contributed by atoms with E-state index < -0.39 is 5.97 Å². The van der Waals surface area contributed by atoms with Crippen LogP contribution in [0.4, 0.5) is 5.82 Å². The van der Waals surface area contributed by atoms with Gasteiger partial charge >= 0.3 is 5.97 Å². The fourth-order valence-electron chi connectivity index (χ4n) is 2.25. The number of nitrogens with zero attached hydrogens (tertiary/aromatic N) is 3. The number of amides is 2. The number of ether oxygens (including phenoxy) is 1. The minimum Gasteiger partial charge on any atom is -0.464 e.